The predicted octanol–water partition coefficient (Wildman–Crippen LogP) is 3.49. The molecule has 0 aliphatic rings. The topological polar surface area (TPSA) is 34.1 Å². The molecule has 0 bridgehead atoms. The van der Waals surface area contributed by atoms with Gasteiger partial charge in [-0.15, -0.1) is 0 Å². The first-order valence-electron chi connectivity index (χ1n) is 4.00. The standard InChI is InChI=1S/2C5H11.2O.Os/c2*1-5(2,3)4;;;/h2*1H2,2-4H3;;;/q2*-1;;;+2. The molecule has 0 aliphatic heterocycles. The fraction of sp³-hybridized carbons (Fsp3) is 0.800. The quantitative estimate of drug-likeness (QED) is 0.617. The van der Waals surface area contributed by atoms with Crippen molar-refractivity contribution in [3.63, 3.8) is 0 Å². The van der Waals surface area contributed by atoms with Crippen LogP contribution in [0.1, 0.15) is 41.5 Å². The second-order valence-electron chi connectivity index (χ2n) is 5.18. The van der Waals surface area contributed by atoms with E-state index in [1.54, 1.807) is 0 Å². The van der Waals surface area contributed by atoms with Crippen LogP contribution in [0.3, 0.4) is 0 Å². The van der Waals surface area contributed by atoms with Gasteiger partial charge in [0.05, 0.1) is 0 Å². The van der Waals surface area contributed by atoms with Crippen molar-refractivity contribution in [2.24, 2.45) is 10.8 Å². The molecule has 0 heterocycles. The van der Waals surface area contributed by atoms with Crippen LogP contribution >= 0.6 is 0 Å². The Kier molecular flexibility index (Phi) is 12.8. The van der Waals surface area contributed by atoms with Gasteiger partial charge >= 0.3 is 24.4 Å². The van der Waals surface area contributed by atoms with Gasteiger partial charge in [-0.05, 0) is 0 Å². The zero-order valence-electron chi connectivity index (χ0n) is 9.58. The van der Waals surface area contributed by atoms with Crippen LogP contribution in [0, 0.1) is 24.7 Å². The summed E-state index contributed by atoms with van der Waals surface area (Å²) in [5.41, 5.74) is 0.500. The summed E-state index contributed by atoms with van der Waals surface area (Å²) in [6, 6.07) is 0. The SMILES string of the molecule is [CH2-]C(C)(C)C.[CH2-]C(C)(C)C.[O]=[Os+2]=[O]. The molecule has 0 rings (SSSR count). The minimum absolute atomic E-state index is 0.250. The molecule has 0 aliphatic carbocycles. The number of hydrogen-bond donors (Lipinski definition) is 0. The first-order chi connectivity index (χ1) is 5.41. The summed E-state index contributed by atoms with van der Waals surface area (Å²) in [5.74, 6) is 0. The molecule has 0 atom stereocenters. The van der Waals surface area contributed by atoms with Crippen molar-refractivity contribution < 1.29 is 24.4 Å². The van der Waals surface area contributed by atoms with Gasteiger partial charge in [-0.2, -0.15) is 10.8 Å². The number of rotatable bonds is 0. The molecule has 0 saturated heterocycles. The molecule has 0 aromatic rings. The van der Waals surface area contributed by atoms with E-state index in [9.17, 15) is 0 Å². The molecule has 0 fully saturated rings. The molecule has 3 heteroatoms. The summed E-state index contributed by atoms with van der Waals surface area (Å²) >= 11 is -2.08. The third kappa shape index (κ3) is 22900. The van der Waals surface area contributed by atoms with Gasteiger partial charge in [0, 0.05) is 0 Å². The van der Waals surface area contributed by atoms with E-state index in [1.165, 1.54) is 0 Å². The fourth-order valence-corrected chi connectivity index (χ4v) is 0. The van der Waals surface area contributed by atoms with E-state index in [2.05, 4.69) is 55.4 Å². The zero-order chi connectivity index (χ0) is 11.7. The molecule has 0 amide bonds. The summed E-state index contributed by atoms with van der Waals surface area (Å²) in [6.07, 6.45) is 0. The Morgan fingerprint density at radius 1 is 0.769 bits per heavy atom. The summed E-state index contributed by atoms with van der Waals surface area (Å²) in [5, 5.41) is 0. The molecular weight excluding hydrogens is 342 g/mol. The Balaban J connectivity index is -0.000000120. The van der Waals surface area contributed by atoms with Crippen LogP contribution in [0.25, 0.3) is 0 Å². The van der Waals surface area contributed by atoms with E-state index in [4.69, 9.17) is 7.08 Å². The molecule has 0 N–H and O–H groups in total. The van der Waals surface area contributed by atoms with Gasteiger partial charge in [0.25, 0.3) is 0 Å². The van der Waals surface area contributed by atoms with Crippen molar-refractivity contribution in [1.29, 1.82) is 0 Å². The maximum atomic E-state index is 8.51. The Hall–Kier alpha value is 0.236. The van der Waals surface area contributed by atoms with Crippen LogP contribution < -0.4 is 0 Å². The Morgan fingerprint density at radius 2 is 0.769 bits per heavy atom. The first kappa shape index (κ1) is 18.9. The molecule has 0 spiro atoms. The third-order valence-electron chi connectivity index (χ3n) is 0. The van der Waals surface area contributed by atoms with Crippen molar-refractivity contribution in [3.05, 3.63) is 13.8 Å². The summed E-state index contributed by atoms with van der Waals surface area (Å²) in [7, 11) is 0. The van der Waals surface area contributed by atoms with Crippen molar-refractivity contribution in [3.8, 4) is 0 Å². The maximum absolute atomic E-state index is 8.51. The van der Waals surface area contributed by atoms with Crippen LogP contribution in [-0.2, 0) is 24.4 Å². The third-order valence-corrected chi connectivity index (χ3v) is 0. The van der Waals surface area contributed by atoms with Gasteiger partial charge in [-0.1, -0.05) is 41.5 Å². The Morgan fingerprint density at radius 3 is 0.769 bits per heavy atom. The van der Waals surface area contributed by atoms with E-state index in [1.807, 2.05) is 0 Å². The summed E-state index contributed by atoms with van der Waals surface area (Å²) < 4.78 is 17.0. The van der Waals surface area contributed by atoms with Crippen LogP contribution in [0.4, 0.5) is 0 Å². The van der Waals surface area contributed by atoms with Crippen molar-refractivity contribution in [2.45, 2.75) is 41.5 Å². The molecule has 0 unspecified atom stereocenters. The van der Waals surface area contributed by atoms with Crippen molar-refractivity contribution >= 4 is 0 Å². The molecule has 0 aromatic heterocycles. The van der Waals surface area contributed by atoms with Crippen molar-refractivity contribution in [2.75, 3.05) is 0 Å². The van der Waals surface area contributed by atoms with Crippen molar-refractivity contribution in [1.82, 2.24) is 0 Å². The van der Waals surface area contributed by atoms with Crippen LogP contribution in [0.2, 0.25) is 0 Å². The van der Waals surface area contributed by atoms with Gasteiger partial charge < -0.3 is 13.8 Å². The zero-order valence-corrected chi connectivity index (χ0v) is 12.1. The molecule has 82 valence electrons. The van der Waals surface area contributed by atoms with Gasteiger partial charge in [-0.25, -0.2) is 0 Å². The monoisotopic (exact) mass is 366 g/mol. The second kappa shape index (κ2) is 8.82. The molecule has 0 saturated carbocycles. The van der Waals surface area contributed by atoms with E-state index >= 15 is 0 Å². The Bertz CT molecular complexity index is 110. The van der Waals surface area contributed by atoms with Gasteiger partial charge in [0.2, 0.25) is 0 Å². The van der Waals surface area contributed by atoms with Crippen LogP contribution in [0.15, 0.2) is 0 Å². The van der Waals surface area contributed by atoms with Crippen LogP contribution in [0.5, 0.6) is 0 Å². The van der Waals surface area contributed by atoms with Gasteiger partial charge in [0.1, 0.15) is 0 Å². The second-order valence-corrected chi connectivity index (χ2v) is 5.60. The number of hydrogen-bond acceptors (Lipinski definition) is 2. The average Bonchev–Trinajstić information content (AvgIpc) is 1.52. The molecule has 0 radical (unpaired) electrons. The van der Waals surface area contributed by atoms with Gasteiger partial charge in [0.15, 0.2) is 0 Å². The molecular formula is C10H22O2Os. The van der Waals surface area contributed by atoms with Gasteiger partial charge in [-0.3, -0.25) is 0 Å². The Labute approximate surface area is 90.8 Å². The minimum atomic E-state index is -2.08. The fourth-order valence-electron chi connectivity index (χ4n) is 0. The first-order valence-corrected chi connectivity index (χ1v) is 6.07. The van der Waals surface area contributed by atoms with E-state index in [0.29, 0.717) is 0 Å². The van der Waals surface area contributed by atoms with E-state index in [0.717, 1.165) is 0 Å². The van der Waals surface area contributed by atoms with E-state index in [-0.39, 0.29) is 10.8 Å². The predicted molar refractivity (Wildman–Crippen MR) is 51.0 cm³/mol. The molecule has 0 aromatic carbocycles. The molecule has 13 heavy (non-hydrogen) atoms. The van der Waals surface area contributed by atoms with E-state index < -0.39 is 17.3 Å². The normalized spacial score (nSPS) is 10.2. The summed E-state index contributed by atoms with van der Waals surface area (Å²) in [4.78, 5) is 0. The van der Waals surface area contributed by atoms with Crippen LogP contribution in [-0.4, -0.2) is 0 Å². The molecule has 2 nitrogen and oxygen atoms in total. The average molecular weight is 365 g/mol. The summed E-state index contributed by atoms with van der Waals surface area (Å²) in [6.45, 7) is 20.0.